The van der Waals surface area contributed by atoms with Gasteiger partial charge in [-0.3, -0.25) is 14.6 Å². The van der Waals surface area contributed by atoms with E-state index in [0.29, 0.717) is 5.56 Å². The lowest BCUT2D eigenvalue weighted by Gasteiger charge is -2.03. The molecule has 0 atom stereocenters. The number of ether oxygens (including phenoxy) is 1. The first-order valence-corrected chi connectivity index (χ1v) is 7.49. The van der Waals surface area contributed by atoms with Gasteiger partial charge in [-0.1, -0.05) is 11.8 Å². The number of aromatic amines is 2. The van der Waals surface area contributed by atoms with Crippen LogP contribution in [0.3, 0.4) is 0 Å². The number of hydrogen-bond donors (Lipinski definition) is 4. The monoisotopic (exact) mass is 351 g/mol. The standard InChI is InChI=1S/C13H13N5O5S/c1-23-9-4-7(2-3-8(9)19)5-14-16-10(20)6-24-12-11(21)15-13(22)18-17-12/h2-5,19H,6H2,1H3,(H,16,20)(H2,15,18,21,22)/b14-5-. The van der Waals surface area contributed by atoms with Gasteiger partial charge in [-0.2, -0.15) is 10.2 Å². The molecule has 0 aliphatic heterocycles. The Balaban J connectivity index is 1.88. The molecule has 4 N–H and O–H groups in total. The topological polar surface area (TPSA) is 150 Å². The van der Waals surface area contributed by atoms with Crippen molar-refractivity contribution in [2.75, 3.05) is 12.9 Å². The number of hydrogen-bond acceptors (Lipinski definition) is 8. The molecule has 24 heavy (non-hydrogen) atoms. The second-order valence-electron chi connectivity index (χ2n) is 4.33. The maximum atomic E-state index is 11.6. The van der Waals surface area contributed by atoms with E-state index in [9.17, 15) is 19.5 Å². The van der Waals surface area contributed by atoms with Crippen LogP contribution >= 0.6 is 11.8 Å². The van der Waals surface area contributed by atoms with Crippen LogP contribution in [0, 0.1) is 0 Å². The van der Waals surface area contributed by atoms with E-state index in [2.05, 4.69) is 20.7 Å². The number of carbonyl (C=O) groups excluding carboxylic acids is 1. The van der Waals surface area contributed by atoms with Crippen LogP contribution in [0.15, 0.2) is 37.9 Å². The quantitative estimate of drug-likeness (QED) is 0.309. The van der Waals surface area contributed by atoms with Crippen molar-refractivity contribution in [2.24, 2.45) is 5.10 Å². The molecule has 1 aromatic carbocycles. The SMILES string of the molecule is COc1cc(/C=N\NC(=O)CSc2n[nH]c(=O)[nH]c2=O)ccc1O. The molecule has 1 heterocycles. The van der Waals surface area contributed by atoms with Crippen molar-refractivity contribution in [3.05, 3.63) is 44.6 Å². The Morgan fingerprint density at radius 1 is 1.50 bits per heavy atom. The lowest BCUT2D eigenvalue weighted by atomic mass is 10.2. The third kappa shape index (κ3) is 4.71. The lowest BCUT2D eigenvalue weighted by Crippen LogP contribution is -2.26. The third-order valence-electron chi connectivity index (χ3n) is 2.63. The van der Waals surface area contributed by atoms with E-state index in [1.807, 2.05) is 4.98 Å². The number of hydrazone groups is 1. The first-order valence-electron chi connectivity index (χ1n) is 6.50. The van der Waals surface area contributed by atoms with E-state index in [0.717, 1.165) is 11.8 Å². The van der Waals surface area contributed by atoms with E-state index in [1.54, 1.807) is 12.1 Å². The molecule has 2 aromatic rings. The summed E-state index contributed by atoms with van der Waals surface area (Å²) in [6.45, 7) is 0. The fraction of sp³-hybridized carbons (Fsp3) is 0.154. The van der Waals surface area contributed by atoms with Gasteiger partial charge < -0.3 is 9.84 Å². The van der Waals surface area contributed by atoms with Crippen molar-refractivity contribution in [1.29, 1.82) is 0 Å². The molecule has 0 saturated carbocycles. The zero-order valence-corrected chi connectivity index (χ0v) is 13.2. The Kier molecular flexibility index (Phi) is 5.73. The Morgan fingerprint density at radius 3 is 3.00 bits per heavy atom. The molecule has 1 amide bonds. The predicted octanol–water partition coefficient (Wildman–Crippen LogP) is -0.585. The molecule has 0 aliphatic rings. The minimum Gasteiger partial charge on any atom is -0.504 e. The fourth-order valence-corrected chi connectivity index (χ4v) is 2.18. The van der Waals surface area contributed by atoms with Crippen molar-refractivity contribution in [1.82, 2.24) is 20.6 Å². The summed E-state index contributed by atoms with van der Waals surface area (Å²) in [5.74, 6) is -0.300. The van der Waals surface area contributed by atoms with Gasteiger partial charge in [0.1, 0.15) is 0 Å². The molecule has 1 aromatic heterocycles. The van der Waals surface area contributed by atoms with Crippen LogP contribution in [0.2, 0.25) is 0 Å². The van der Waals surface area contributed by atoms with Crippen LogP contribution < -0.4 is 21.4 Å². The number of phenolic OH excluding ortho intramolecular Hbond substituents is 1. The number of aromatic hydroxyl groups is 1. The molecule has 0 saturated heterocycles. The summed E-state index contributed by atoms with van der Waals surface area (Å²) in [5.41, 5.74) is 1.50. The number of phenols is 1. The van der Waals surface area contributed by atoms with E-state index in [-0.39, 0.29) is 22.3 Å². The van der Waals surface area contributed by atoms with Gasteiger partial charge >= 0.3 is 5.69 Å². The van der Waals surface area contributed by atoms with Gasteiger partial charge in [0, 0.05) is 0 Å². The van der Waals surface area contributed by atoms with E-state index >= 15 is 0 Å². The molecule has 11 heteroatoms. The highest BCUT2D eigenvalue weighted by atomic mass is 32.2. The fourth-order valence-electron chi connectivity index (χ4n) is 1.55. The summed E-state index contributed by atoms with van der Waals surface area (Å²) in [6.07, 6.45) is 1.37. The van der Waals surface area contributed by atoms with E-state index < -0.39 is 17.2 Å². The van der Waals surface area contributed by atoms with Gasteiger partial charge in [0.05, 0.1) is 19.1 Å². The van der Waals surface area contributed by atoms with Gasteiger partial charge in [-0.05, 0) is 23.8 Å². The molecule has 0 bridgehead atoms. The summed E-state index contributed by atoms with van der Waals surface area (Å²) in [4.78, 5) is 35.8. The molecule has 0 fully saturated rings. The number of carbonyl (C=O) groups is 1. The third-order valence-corrected chi connectivity index (χ3v) is 3.58. The first kappa shape index (κ1) is 17.3. The first-order chi connectivity index (χ1) is 11.5. The minimum atomic E-state index is -0.720. The Labute approximate surface area is 139 Å². The summed E-state index contributed by atoms with van der Waals surface area (Å²) >= 11 is 0.854. The summed E-state index contributed by atoms with van der Waals surface area (Å²) in [5, 5.41) is 18.8. The number of aromatic nitrogens is 3. The molecule has 10 nitrogen and oxygen atoms in total. The largest absolute Gasteiger partial charge is 0.504 e. The maximum Gasteiger partial charge on any atom is 0.342 e. The van der Waals surface area contributed by atoms with Crippen LogP contribution in [0.1, 0.15) is 5.56 Å². The Bertz CT molecular complexity index is 876. The Morgan fingerprint density at radius 2 is 2.29 bits per heavy atom. The average molecular weight is 351 g/mol. The number of nitrogens with one attached hydrogen (secondary N) is 3. The van der Waals surface area contributed by atoms with Gasteiger partial charge in [0.25, 0.3) is 5.56 Å². The summed E-state index contributed by atoms with van der Waals surface area (Å²) in [6, 6.07) is 4.57. The highest BCUT2D eigenvalue weighted by Gasteiger charge is 2.07. The maximum absolute atomic E-state index is 11.6. The molecule has 0 radical (unpaired) electrons. The second kappa shape index (κ2) is 7.97. The normalized spacial score (nSPS) is 10.7. The van der Waals surface area contributed by atoms with Gasteiger partial charge in [0.15, 0.2) is 16.5 Å². The highest BCUT2D eigenvalue weighted by Crippen LogP contribution is 2.25. The van der Waals surface area contributed by atoms with Crippen molar-refractivity contribution in [3.63, 3.8) is 0 Å². The van der Waals surface area contributed by atoms with Gasteiger partial charge in [-0.25, -0.2) is 15.3 Å². The second-order valence-corrected chi connectivity index (χ2v) is 5.29. The number of methoxy groups -OCH3 is 1. The predicted molar refractivity (Wildman–Crippen MR) is 86.6 cm³/mol. The molecule has 0 aliphatic carbocycles. The van der Waals surface area contributed by atoms with Crippen molar-refractivity contribution in [2.45, 2.75) is 5.03 Å². The van der Waals surface area contributed by atoms with Crippen LogP contribution in [0.5, 0.6) is 11.5 Å². The number of nitrogens with zero attached hydrogens (tertiary/aromatic N) is 2. The van der Waals surface area contributed by atoms with Crippen LogP contribution in [-0.4, -0.2) is 45.3 Å². The van der Waals surface area contributed by atoms with Crippen molar-refractivity contribution in [3.8, 4) is 11.5 Å². The zero-order valence-electron chi connectivity index (χ0n) is 12.4. The molecule has 126 valence electrons. The molecule has 0 unspecified atom stereocenters. The Hall–Kier alpha value is -3.08. The van der Waals surface area contributed by atoms with Gasteiger partial charge in [0.2, 0.25) is 5.91 Å². The van der Waals surface area contributed by atoms with Crippen LogP contribution in [0.4, 0.5) is 0 Å². The zero-order chi connectivity index (χ0) is 17.5. The summed E-state index contributed by atoms with van der Waals surface area (Å²) < 4.78 is 4.95. The molecular formula is C13H13N5O5S. The highest BCUT2D eigenvalue weighted by molar-refractivity contribution is 7.99. The van der Waals surface area contributed by atoms with Crippen LogP contribution in [-0.2, 0) is 4.79 Å². The number of H-pyrrole nitrogens is 2. The average Bonchev–Trinajstić information content (AvgIpc) is 2.55. The molecule has 2 rings (SSSR count). The smallest absolute Gasteiger partial charge is 0.342 e. The van der Waals surface area contributed by atoms with E-state index in [4.69, 9.17) is 4.74 Å². The van der Waals surface area contributed by atoms with Crippen molar-refractivity contribution < 1.29 is 14.6 Å². The lowest BCUT2D eigenvalue weighted by molar-refractivity contribution is -0.118. The minimum absolute atomic E-state index is 0.00582. The number of rotatable bonds is 6. The van der Waals surface area contributed by atoms with Crippen LogP contribution in [0.25, 0.3) is 0 Å². The van der Waals surface area contributed by atoms with Gasteiger partial charge in [-0.15, -0.1) is 0 Å². The van der Waals surface area contributed by atoms with Crippen molar-refractivity contribution >= 4 is 23.9 Å². The molecule has 0 spiro atoms. The van der Waals surface area contributed by atoms with E-state index in [1.165, 1.54) is 19.4 Å². The number of thioether (sulfide) groups is 1. The molecular weight excluding hydrogens is 338 g/mol. The summed E-state index contributed by atoms with van der Waals surface area (Å²) in [7, 11) is 1.42. The number of amides is 1. The number of benzene rings is 1.